The van der Waals surface area contributed by atoms with Gasteiger partial charge in [-0.25, -0.2) is 0 Å². The maximum Gasteiger partial charge on any atom is 0.266 e. The first-order chi connectivity index (χ1) is 16.5. The molecule has 1 amide bonds. The average molecular weight is 494 g/mol. The summed E-state index contributed by atoms with van der Waals surface area (Å²) < 4.78 is 7.67. The number of thioether (sulfide) groups is 1. The average Bonchev–Trinajstić information content (AvgIpc) is 3.44. The van der Waals surface area contributed by atoms with Crippen molar-refractivity contribution in [2.45, 2.75) is 39.8 Å². The molecule has 5 rings (SSSR count). The largest absolute Gasteiger partial charge is 0.467 e. The highest BCUT2D eigenvalue weighted by Gasteiger charge is 2.34. The number of piperidine rings is 1. The summed E-state index contributed by atoms with van der Waals surface area (Å²) in [6.07, 6.45) is 5.50. The van der Waals surface area contributed by atoms with Crippen molar-refractivity contribution in [1.29, 1.82) is 0 Å². The fraction of sp³-hybridized carbons (Fsp3) is 0.346. The van der Waals surface area contributed by atoms with E-state index >= 15 is 0 Å². The van der Waals surface area contributed by atoms with Crippen LogP contribution in [0.5, 0.6) is 0 Å². The Balaban J connectivity index is 1.64. The molecular weight excluding hydrogens is 466 g/mol. The van der Waals surface area contributed by atoms with Crippen LogP contribution >= 0.6 is 24.0 Å². The van der Waals surface area contributed by atoms with Crippen LogP contribution in [0.3, 0.4) is 0 Å². The number of pyridine rings is 1. The summed E-state index contributed by atoms with van der Waals surface area (Å²) in [6.45, 7) is 6.86. The van der Waals surface area contributed by atoms with E-state index in [0.29, 0.717) is 33.0 Å². The second-order valence-corrected chi connectivity index (χ2v) is 10.5. The minimum atomic E-state index is -0.194. The van der Waals surface area contributed by atoms with Crippen molar-refractivity contribution in [1.82, 2.24) is 9.47 Å². The van der Waals surface area contributed by atoms with Gasteiger partial charge in [0.05, 0.1) is 34.5 Å². The molecule has 176 valence electrons. The van der Waals surface area contributed by atoms with Gasteiger partial charge in [0, 0.05) is 25.0 Å². The van der Waals surface area contributed by atoms with Gasteiger partial charge >= 0.3 is 0 Å². The van der Waals surface area contributed by atoms with Crippen LogP contribution in [-0.2, 0) is 17.9 Å². The number of rotatable bonds is 5. The van der Waals surface area contributed by atoms with Crippen LogP contribution < -0.4 is 10.5 Å². The van der Waals surface area contributed by atoms with E-state index in [9.17, 15) is 9.59 Å². The molecule has 0 unspecified atom stereocenters. The van der Waals surface area contributed by atoms with Gasteiger partial charge in [0.15, 0.2) is 0 Å². The van der Waals surface area contributed by atoms with Crippen LogP contribution in [-0.4, -0.2) is 32.8 Å². The molecule has 2 aromatic heterocycles. The monoisotopic (exact) mass is 493 g/mol. The lowest BCUT2D eigenvalue weighted by atomic mass is 9.97. The van der Waals surface area contributed by atoms with Crippen LogP contribution in [0.1, 0.15) is 38.0 Å². The highest BCUT2D eigenvalue weighted by Crippen LogP contribution is 2.37. The first kappa shape index (κ1) is 22.9. The van der Waals surface area contributed by atoms with Gasteiger partial charge in [-0.05, 0) is 50.0 Å². The summed E-state index contributed by atoms with van der Waals surface area (Å²) >= 11 is 6.75. The topological polar surface area (TPSA) is 58.7 Å². The third kappa shape index (κ3) is 4.09. The van der Waals surface area contributed by atoms with Crippen LogP contribution in [0.25, 0.3) is 17.0 Å². The molecule has 1 aromatic carbocycles. The Bertz CT molecular complexity index is 1340. The number of carbonyl (C=O) groups excluding carboxylic acids is 1. The number of fused-ring (bicyclic) bond motifs is 1. The molecule has 3 aromatic rings. The Kier molecular flexibility index (Phi) is 6.36. The van der Waals surface area contributed by atoms with Crippen molar-refractivity contribution >= 4 is 56.9 Å². The maximum atomic E-state index is 13.8. The van der Waals surface area contributed by atoms with Crippen LogP contribution in [0.4, 0.5) is 5.69 Å². The number of hydrogen-bond donors (Lipinski definition) is 0. The first-order valence-corrected chi connectivity index (χ1v) is 12.9. The quantitative estimate of drug-likeness (QED) is 0.357. The summed E-state index contributed by atoms with van der Waals surface area (Å²) in [5.74, 6) is 1.14. The molecule has 0 spiro atoms. The lowest BCUT2D eigenvalue weighted by Crippen LogP contribution is -2.36. The van der Waals surface area contributed by atoms with Crippen molar-refractivity contribution in [2.75, 3.05) is 18.0 Å². The molecule has 8 heteroatoms. The summed E-state index contributed by atoms with van der Waals surface area (Å²) in [7, 11) is 0. The lowest BCUT2D eigenvalue weighted by Gasteiger charge is -2.34. The first-order valence-electron chi connectivity index (χ1n) is 11.7. The highest BCUT2D eigenvalue weighted by molar-refractivity contribution is 8.26. The third-order valence-electron chi connectivity index (χ3n) is 6.64. The lowest BCUT2D eigenvalue weighted by molar-refractivity contribution is -0.122. The molecule has 0 atom stereocenters. The number of hydrogen-bond acceptors (Lipinski definition) is 6. The van der Waals surface area contributed by atoms with Crippen molar-refractivity contribution in [2.24, 2.45) is 5.92 Å². The van der Waals surface area contributed by atoms with Gasteiger partial charge in [-0.15, -0.1) is 0 Å². The van der Waals surface area contributed by atoms with E-state index in [-0.39, 0.29) is 18.0 Å². The van der Waals surface area contributed by atoms with Crippen LogP contribution in [0, 0.1) is 5.92 Å². The van der Waals surface area contributed by atoms with Crippen molar-refractivity contribution in [3.05, 3.63) is 69.2 Å². The summed E-state index contributed by atoms with van der Waals surface area (Å²) in [5, 5.41) is 1.04. The van der Waals surface area contributed by atoms with E-state index in [1.165, 1.54) is 16.7 Å². The fourth-order valence-corrected chi connectivity index (χ4v) is 5.99. The van der Waals surface area contributed by atoms with E-state index in [4.69, 9.17) is 16.6 Å². The number of amides is 1. The number of benzene rings is 1. The Hall–Kier alpha value is -2.84. The van der Waals surface area contributed by atoms with E-state index in [1.807, 2.05) is 31.2 Å². The molecule has 0 bridgehead atoms. The minimum Gasteiger partial charge on any atom is -0.467 e. The van der Waals surface area contributed by atoms with Crippen LogP contribution in [0.2, 0.25) is 0 Å². The number of furan rings is 1. The zero-order chi connectivity index (χ0) is 23.8. The van der Waals surface area contributed by atoms with E-state index in [2.05, 4.69) is 17.9 Å². The van der Waals surface area contributed by atoms with Gasteiger partial charge in [-0.3, -0.25) is 14.5 Å². The third-order valence-corrected chi connectivity index (χ3v) is 8.02. The molecule has 4 heterocycles. The molecule has 0 aliphatic carbocycles. The Labute approximate surface area is 208 Å². The zero-order valence-corrected chi connectivity index (χ0v) is 21.0. The summed E-state index contributed by atoms with van der Waals surface area (Å²) in [6, 6.07) is 11.7. The number of thiocarbonyl (C=S) groups is 1. The van der Waals surface area contributed by atoms with Gasteiger partial charge in [-0.1, -0.05) is 49.1 Å². The van der Waals surface area contributed by atoms with Crippen molar-refractivity contribution in [3.63, 3.8) is 0 Å². The van der Waals surface area contributed by atoms with Crippen molar-refractivity contribution < 1.29 is 9.21 Å². The molecule has 0 saturated carbocycles. The molecular formula is C26H27N3O3S2. The number of nitrogens with zero attached hydrogens (tertiary/aromatic N) is 3. The summed E-state index contributed by atoms with van der Waals surface area (Å²) in [4.78, 5) is 31.4. The maximum absolute atomic E-state index is 13.8. The fourth-order valence-electron chi connectivity index (χ4n) is 4.75. The van der Waals surface area contributed by atoms with E-state index in [0.717, 1.165) is 42.5 Å². The normalized spacial score (nSPS) is 18.6. The van der Waals surface area contributed by atoms with Crippen molar-refractivity contribution in [3.8, 4) is 0 Å². The standard InChI is InChI=1S/C26H27N3O3S2/c1-3-28-21-9-5-4-8-19(21)23(27-12-10-17(2)11-13-27)20(24(28)30)15-22-25(31)29(26(33)34-22)16-18-7-6-14-32-18/h4-9,14-15,17H,3,10-13,16H2,1-2H3. The SMILES string of the molecule is CCn1c(=O)c(C=C2SC(=S)N(Cc3ccco3)C2=O)c(N2CCC(C)CC2)c2ccccc21. The Morgan fingerprint density at radius 2 is 1.91 bits per heavy atom. The second kappa shape index (κ2) is 9.43. The van der Waals surface area contributed by atoms with Gasteiger partial charge in [0.25, 0.3) is 11.5 Å². The van der Waals surface area contributed by atoms with Gasteiger partial charge in [-0.2, -0.15) is 0 Å². The molecule has 0 N–H and O–H groups in total. The number of carbonyl (C=O) groups is 1. The molecule has 2 fully saturated rings. The molecule has 2 aliphatic heterocycles. The predicted octanol–water partition coefficient (Wildman–Crippen LogP) is 5.25. The van der Waals surface area contributed by atoms with E-state index in [1.54, 1.807) is 23.0 Å². The van der Waals surface area contributed by atoms with Gasteiger partial charge < -0.3 is 13.9 Å². The Morgan fingerprint density at radius 3 is 2.62 bits per heavy atom. The van der Waals surface area contributed by atoms with Gasteiger partial charge in [0.1, 0.15) is 10.1 Å². The molecule has 0 radical (unpaired) electrons. The number of para-hydroxylation sites is 1. The van der Waals surface area contributed by atoms with E-state index < -0.39 is 0 Å². The van der Waals surface area contributed by atoms with Gasteiger partial charge in [0.2, 0.25) is 0 Å². The highest BCUT2D eigenvalue weighted by atomic mass is 32.2. The molecule has 2 aliphatic rings. The predicted molar refractivity (Wildman–Crippen MR) is 142 cm³/mol. The number of aromatic nitrogens is 1. The van der Waals surface area contributed by atoms with Crippen LogP contribution in [0.15, 0.2) is 56.8 Å². The number of anilines is 1. The molecule has 2 saturated heterocycles. The number of aryl methyl sites for hydroxylation is 1. The minimum absolute atomic E-state index is 0.0777. The zero-order valence-electron chi connectivity index (χ0n) is 19.3. The summed E-state index contributed by atoms with van der Waals surface area (Å²) in [5.41, 5.74) is 2.33. The molecule has 34 heavy (non-hydrogen) atoms. The Morgan fingerprint density at radius 1 is 1.15 bits per heavy atom. The smallest absolute Gasteiger partial charge is 0.266 e. The molecule has 6 nitrogen and oxygen atoms in total. The second-order valence-electron chi connectivity index (χ2n) is 8.85.